The number of halogens is 4. The lowest BCUT2D eigenvalue weighted by molar-refractivity contribution is -0.201. The first kappa shape index (κ1) is 12.5. The molecule has 0 heterocycles. The number of ether oxygens (including phenoxy) is 1. The van der Waals surface area contributed by atoms with Crippen molar-refractivity contribution in [2.75, 3.05) is 0 Å². The van der Waals surface area contributed by atoms with E-state index in [1.54, 1.807) is 30.3 Å². The SMILES string of the molecule is O=C(OCc1ccccc1)C(F)C(F)(F)F. The summed E-state index contributed by atoms with van der Waals surface area (Å²) in [6.45, 7) is -0.379. The Bertz CT molecular complexity index is 348. The highest BCUT2D eigenvalue weighted by Gasteiger charge is 2.46. The molecule has 1 rings (SSSR count). The fraction of sp³-hybridized carbons (Fsp3) is 0.300. The maximum Gasteiger partial charge on any atom is 0.430 e. The van der Waals surface area contributed by atoms with Gasteiger partial charge in [-0.2, -0.15) is 13.2 Å². The zero-order chi connectivity index (χ0) is 12.2. The standard InChI is InChI=1S/C10H8F4O2/c11-8(10(12,13)14)9(15)16-6-7-4-2-1-3-5-7/h1-5,8H,6H2. The van der Waals surface area contributed by atoms with Gasteiger partial charge in [0.25, 0.3) is 6.17 Å². The van der Waals surface area contributed by atoms with Gasteiger partial charge in [0.1, 0.15) is 6.61 Å². The summed E-state index contributed by atoms with van der Waals surface area (Å²) in [5, 5.41) is 0. The summed E-state index contributed by atoms with van der Waals surface area (Å²) in [5.74, 6) is -1.92. The summed E-state index contributed by atoms with van der Waals surface area (Å²) >= 11 is 0. The Kier molecular flexibility index (Phi) is 3.87. The summed E-state index contributed by atoms with van der Waals surface area (Å²) < 4.78 is 51.8. The van der Waals surface area contributed by atoms with Crippen LogP contribution in [-0.4, -0.2) is 18.3 Å². The Hall–Kier alpha value is -1.59. The lowest BCUT2D eigenvalue weighted by Gasteiger charge is -2.11. The molecule has 0 amide bonds. The van der Waals surface area contributed by atoms with Gasteiger partial charge in [0.15, 0.2) is 0 Å². The third-order valence-electron chi connectivity index (χ3n) is 1.72. The minimum Gasteiger partial charge on any atom is -0.458 e. The molecule has 1 atom stereocenters. The van der Waals surface area contributed by atoms with Crippen molar-refractivity contribution in [2.45, 2.75) is 19.0 Å². The quantitative estimate of drug-likeness (QED) is 0.595. The van der Waals surface area contributed by atoms with Gasteiger partial charge in [0, 0.05) is 0 Å². The van der Waals surface area contributed by atoms with Gasteiger partial charge >= 0.3 is 12.1 Å². The van der Waals surface area contributed by atoms with Gasteiger partial charge in [-0.25, -0.2) is 9.18 Å². The summed E-state index contributed by atoms with van der Waals surface area (Å²) in [7, 11) is 0. The highest BCUT2D eigenvalue weighted by Crippen LogP contribution is 2.24. The number of carbonyl (C=O) groups excluding carboxylic acids is 1. The van der Waals surface area contributed by atoms with Crippen LogP contribution in [-0.2, 0) is 16.1 Å². The molecule has 0 saturated heterocycles. The first-order valence-electron chi connectivity index (χ1n) is 4.32. The topological polar surface area (TPSA) is 26.3 Å². The van der Waals surface area contributed by atoms with Gasteiger partial charge in [0.2, 0.25) is 0 Å². The van der Waals surface area contributed by atoms with Crippen LogP contribution < -0.4 is 0 Å². The molecule has 88 valence electrons. The van der Waals surface area contributed by atoms with E-state index in [1.807, 2.05) is 0 Å². The molecule has 1 aromatic rings. The molecule has 0 fully saturated rings. The van der Waals surface area contributed by atoms with Crippen molar-refractivity contribution in [3.05, 3.63) is 35.9 Å². The van der Waals surface area contributed by atoms with Crippen LogP contribution in [0.4, 0.5) is 17.6 Å². The van der Waals surface area contributed by atoms with Gasteiger partial charge in [-0.3, -0.25) is 0 Å². The molecular weight excluding hydrogens is 228 g/mol. The second-order valence-corrected chi connectivity index (χ2v) is 3.00. The first-order chi connectivity index (χ1) is 7.41. The Morgan fingerprint density at radius 2 is 1.81 bits per heavy atom. The van der Waals surface area contributed by atoms with E-state index >= 15 is 0 Å². The van der Waals surface area contributed by atoms with Crippen LogP contribution in [0.25, 0.3) is 0 Å². The van der Waals surface area contributed by atoms with Crippen molar-refractivity contribution in [2.24, 2.45) is 0 Å². The Balaban J connectivity index is 2.48. The van der Waals surface area contributed by atoms with Crippen molar-refractivity contribution >= 4 is 5.97 Å². The number of benzene rings is 1. The predicted molar refractivity (Wildman–Crippen MR) is 47.2 cm³/mol. The Morgan fingerprint density at radius 3 is 2.31 bits per heavy atom. The van der Waals surface area contributed by atoms with Gasteiger partial charge in [-0.15, -0.1) is 0 Å². The highest BCUT2D eigenvalue weighted by molar-refractivity contribution is 5.75. The largest absolute Gasteiger partial charge is 0.458 e. The van der Waals surface area contributed by atoms with E-state index in [0.717, 1.165) is 0 Å². The number of rotatable bonds is 3. The fourth-order valence-corrected chi connectivity index (χ4v) is 0.935. The molecule has 0 saturated carbocycles. The molecule has 0 aliphatic carbocycles. The molecule has 2 nitrogen and oxygen atoms in total. The van der Waals surface area contributed by atoms with E-state index in [2.05, 4.69) is 4.74 Å². The molecule has 0 radical (unpaired) electrons. The molecule has 6 heteroatoms. The molecular formula is C10H8F4O2. The van der Waals surface area contributed by atoms with Crippen molar-refractivity contribution in [1.29, 1.82) is 0 Å². The number of esters is 1. The molecule has 0 aromatic heterocycles. The Labute approximate surface area is 88.8 Å². The first-order valence-corrected chi connectivity index (χ1v) is 4.32. The number of carbonyl (C=O) groups is 1. The van der Waals surface area contributed by atoms with E-state index < -0.39 is 18.3 Å². The van der Waals surface area contributed by atoms with Crippen LogP contribution in [0.2, 0.25) is 0 Å². The second kappa shape index (κ2) is 4.96. The maximum atomic E-state index is 12.4. The number of alkyl halides is 4. The molecule has 0 N–H and O–H groups in total. The summed E-state index contributed by atoms with van der Waals surface area (Å²) in [4.78, 5) is 10.6. The second-order valence-electron chi connectivity index (χ2n) is 3.00. The van der Waals surface area contributed by atoms with Crippen LogP contribution in [0.3, 0.4) is 0 Å². The lowest BCUT2D eigenvalue weighted by atomic mass is 10.2. The monoisotopic (exact) mass is 236 g/mol. The lowest BCUT2D eigenvalue weighted by Crippen LogP contribution is -2.33. The van der Waals surface area contributed by atoms with Crippen molar-refractivity contribution in [1.82, 2.24) is 0 Å². The zero-order valence-corrected chi connectivity index (χ0v) is 8.00. The minimum absolute atomic E-state index is 0.379. The van der Waals surface area contributed by atoms with E-state index in [4.69, 9.17) is 0 Å². The van der Waals surface area contributed by atoms with Crippen molar-refractivity contribution in [3.63, 3.8) is 0 Å². The van der Waals surface area contributed by atoms with Crippen LogP contribution >= 0.6 is 0 Å². The van der Waals surface area contributed by atoms with E-state index in [-0.39, 0.29) is 6.61 Å². The molecule has 1 unspecified atom stereocenters. The zero-order valence-electron chi connectivity index (χ0n) is 8.00. The van der Waals surface area contributed by atoms with Gasteiger partial charge in [-0.1, -0.05) is 30.3 Å². The van der Waals surface area contributed by atoms with E-state index in [0.29, 0.717) is 5.56 Å². The van der Waals surface area contributed by atoms with Crippen molar-refractivity contribution < 1.29 is 27.1 Å². The maximum absolute atomic E-state index is 12.4. The molecule has 0 aliphatic rings. The smallest absolute Gasteiger partial charge is 0.430 e. The van der Waals surface area contributed by atoms with Gasteiger partial charge in [0.05, 0.1) is 0 Å². The predicted octanol–water partition coefficient (Wildman–Crippen LogP) is 2.63. The third-order valence-corrected chi connectivity index (χ3v) is 1.72. The fourth-order valence-electron chi connectivity index (χ4n) is 0.935. The minimum atomic E-state index is -5.21. The average molecular weight is 236 g/mol. The van der Waals surface area contributed by atoms with Crippen molar-refractivity contribution in [3.8, 4) is 0 Å². The van der Waals surface area contributed by atoms with Crippen LogP contribution in [0.1, 0.15) is 5.56 Å². The molecule has 16 heavy (non-hydrogen) atoms. The van der Waals surface area contributed by atoms with Crippen LogP contribution in [0.15, 0.2) is 30.3 Å². The van der Waals surface area contributed by atoms with Crippen LogP contribution in [0, 0.1) is 0 Å². The van der Waals surface area contributed by atoms with E-state index in [1.165, 1.54) is 0 Å². The summed E-state index contributed by atoms with van der Waals surface area (Å²) in [5.41, 5.74) is 0.491. The third kappa shape index (κ3) is 3.52. The molecule has 0 bridgehead atoms. The van der Waals surface area contributed by atoms with Crippen LogP contribution in [0.5, 0.6) is 0 Å². The summed E-state index contributed by atoms with van der Waals surface area (Å²) in [6.07, 6.45) is -8.80. The highest BCUT2D eigenvalue weighted by atomic mass is 19.4. The molecule has 0 aliphatic heterocycles. The molecule has 0 spiro atoms. The van der Waals surface area contributed by atoms with Gasteiger partial charge < -0.3 is 4.74 Å². The number of hydrogen-bond donors (Lipinski definition) is 0. The average Bonchev–Trinajstić information content (AvgIpc) is 2.25. The van der Waals surface area contributed by atoms with E-state index in [9.17, 15) is 22.4 Å². The normalized spacial score (nSPS) is 13.2. The number of hydrogen-bond acceptors (Lipinski definition) is 2. The summed E-state index contributed by atoms with van der Waals surface area (Å²) in [6, 6.07) is 8.04. The Morgan fingerprint density at radius 1 is 1.25 bits per heavy atom. The van der Waals surface area contributed by atoms with Gasteiger partial charge in [-0.05, 0) is 5.56 Å². The molecule has 1 aromatic carbocycles.